The molecule has 3 aromatic carbocycles. The number of methoxy groups -OCH3 is 2. The molecule has 1 aromatic heterocycles. The summed E-state index contributed by atoms with van der Waals surface area (Å²) >= 11 is 1.40. The lowest BCUT2D eigenvalue weighted by Crippen LogP contribution is -2.13. The zero-order chi connectivity index (χ0) is 25.8. The van der Waals surface area contributed by atoms with Gasteiger partial charge in [-0.2, -0.15) is 5.10 Å². The fraction of sp³-hybridized carbons (Fsp3) is 0.154. The number of nitro groups is 1. The number of benzene rings is 3. The van der Waals surface area contributed by atoms with Gasteiger partial charge in [-0.3, -0.25) is 15.1 Å². The van der Waals surface area contributed by atoms with Gasteiger partial charge < -0.3 is 18.9 Å². The summed E-state index contributed by atoms with van der Waals surface area (Å²) in [5.74, 6) is 1.99. The molecule has 1 aliphatic heterocycles. The summed E-state index contributed by atoms with van der Waals surface area (Å²) in [7, 11) is 3.16. The Balaban J connectivity index is 1.63. The molecule has 37 heavy (non-hydrogen) atoms. The molecule has 0 unspecified atom stereocenters. The normalized spacial score (nSPS) is 12.8. The standard InChI is InChI=1S/C26H22N4O6S/c1-33-19-8-9-20(23(11-19)34-2)22-15-37-26(27-13-17-6-4-3-5-7-17)29(22)28-14-18-10-24-25(36-16-35-24)12-21(18)30(31)32/h3-12,14-15H,13,16H2,1-2H3. The topological polar surface area (TPSA) is 110 Å². The van der Waals surface area contributed by atoms with Gasteiger partial charge in [-0.05, 0) is 23.8 Å². The molecule has 0 amide bonds. The van der Waals surface area contributed by atoms with Crippen molar-refractivity contribution in [2.24, 2.45) is 10.1 Å². The molecule has 0 saturated heterocycles. The molecule has 2 heterocycles. The second kappa shape index (κ2) is 10.5. The molecule has 0 atom stereocenters. The van der Waals surface area contributed by atoms with Crippen LogP contribution < -0.4 is 23.7 Å². The van der Waals surface area contributed by atoms with Gasteiger partial charge in [0.1, 0.15) is 11.5 Å². The lowest BCUT2D eigenvalue weighted by molar-refractivity contribution is -0.385. The Hall–Kier alpha value is -4.64. The van der Waals surface area contributed by atoms with Crippen LogP contribution >= 0.6 is 11.3 Å². The molecular weight excluding hydrogens is 496 g/mol. The third kappa shape index (κ3) is 5.02. The first-order valence-electron chi connectivity index (χ1n) is 11.2. The van der Waals surface area contributed by atoms with Gasteiger partial charge in [0, 0.05) is 17.0 Å². The van der Waals surface area contributed by atoms with Crippen molar-refractivity contribution in [1.29, 1.82) is 0 Å². The Morgan fingerprint density at radius 2 is 1.86 bits per heavy atom. The number of fused-ring (bicyclic) bond motifs is 1. The van der Waals surface area contributed by atoms with E-state index in [1.54, 1.807) is 31.0 Å². The summed E-state index contributed by atoms with van der Waals surface area (Å²) < 4.78 is 23.3. The van der Waals surface area contributed by atoms with Crippen LogP contribution in [0.5, 0.6) is 23.0 Å². The minimum Gasteiger partial charge on any atom is -0.497 e. The summed E-state index contributed by atoms with van der Waals surface area (Å²) in [5, 5.41) is 18.3. The highest BCUT2D eigenvalue weighted by Crippen LogP contribution is 2.37. The molecule has 188 valence electrons. The van der Waals surface area contributed by atoms with Crippen LogP contribution in [0.3, 0.4) is 0 Å². The lowest BCUT2D eigenvalue weighted by Gasteiger charge is -2.11. The Kier molecular flexibility index (Phi) is 6.86. The second-order valence-electron chi connectivity index (χ2n) is 7.85. The van der Waals surface area contributed by atoms with Crippen molar-refractivity contribution in [2.45, 2.75) is 6.54 Å². The molecule has 0 fully saturated rings. The van der Waals surface area contributed by atoms with E-state index in [0.717, 1.165) is 11.1 Å². The van der Waals surface area contributed by atoms with Crippen molar-refractivity contribution < 1.29 is 23.9 Å². The molecular formula is C26H22N4O6S. The molecule has 10 nitrogen and oxygen atoms in total. The Labute approximate surface area is 215 Å². The highest BCUT2D eigenvalue weighted by Gasteiger charge is 2.23. The van der Waals surface area contributed by atoms with Gasteiger partial charge in [0.15, 0.2) is 11.5 Å². The predicted molar refractivity (Wildman–Crippen MR) is 139 cm³/mol. The fourth-order valence-electron chi connectivity index (χ4n) is 3.79. The van der Waals surface area contributed by atoms with Crippen molar-refractivity contribution in [1.82, 2.24) is 4.68 Å². The minimum atomic E-state index is -0.476. The van der Waals surface area contributed by atoms with E-state index in [1.165, 1.54) is 23.6 Å². The van der Waals surface area contributed by atoms with Crippen LogP contribution in [0.1, 0.15) is 11.1 Å². The zero-order valence-corrected chi connectivity index (χ0v) is 20.8. The van der Waals surface area contributed by atoms with E-state index < -0.39 is 4.92 Å². The Bertz CT molecular complexity index is 1540. The van der Waals surface area contributed by atoms with E-state index in [0.29, 0.717) is 40.0 Å². The van der Waals surface area contributed by atoms with Crippen LogP contribution in [0.15, 0.2) is 76.1 Å². The van der Waals surface area contributed by atoms with Crippen LogP contribution in [0, 0.1) is 10.1 Å². The maximum absolute atomic E-state index is 11.7. The van der Waals surface area contributed by atoms with Crippen molar-refractivity contribution in [3.05, 3.63) is 92.1 Å². The van der Waals surface area contributed by atoms with Crippen molar-refractivity contribution >= 4 is 23.2 Å². The minimum absolute atomic E-state index is 0.0102. The number of nitro benzene ring substituents is 1. The monoisotopic (exact) mass is 518 g/mol. The number of aromatic nitrogens is 1. The maximum Gasteiger partial charge on any atom is 0.282 e. The average molecular weight is 519 g/mol. The summed E-state index contributed by atoms with van der Waals surface area (Å²) in [6.07, 6.45) is 1.42. The van der Waals surface area contributed by atoms with E-state index in [4.69, 9.17) is 23.9 Å². The van der Waals surface area contributed by atoms with Crippen LogP contribution in [0.25, 0.3) is 11.3 Å². The fourth-order valence-corrected chi connectivity index (χ4v) is 4.61. The predicted octanol–water partition coefficient (Wildman–Crippen LogP) is 4.85. The molecule has 0 spiro atoms. The van der Waals surface area contributed by atoms with E-state index >= 15 is 0 Å². The molecule has 1 aliphatic rings. The van der Waals surface area contributed by atoms with Crippen LogP contribution in [0.4, 0.5) is 5.69 Å². The van der Waals surface area contributed by atoms with Gasteiger partial charge in [0.2, 0.25) is 11.6 Å². The van der Waals surface area contributed by atoms with E-state index in [2.05, 4.69) is 5.10 Å². The maximum atomic E-state index is 11.7. The molecule has 5 rings (SSSR count). The SMILES string of the molecule is COc1ccc(-c2csc(=NCc3ccccc3)n2N=Cc2cc3c(cc2[N+](=O)[O-])OCO3)c(OC)c1. The zero-order valence-electron chi connectivity index (χ0n) is 20.0. The van der Waals surface area contributed by atoms with Crippen LogP contribution in [-0.4, -0.2) is 36.8 Å². The highest BCUT2D eigenvalue weighted by atomic mass is 32.1. The van der Waals surface area contributed by atoms with Gasteiger partial charge in [-0.1, -0.05) is 30.3 Å². The van der Waals surface area contributed by atoms with Crippen LogP contribution in [-0.2, 0) is 6.54 Å². The summed E-state index contributed by atoms with van der Waals surface area (Å²) in [4.78, 5) is 16.6. The van der Waals surface area contributed by atoms with E-state index in [-0.39, 0.29) is 18.0 Å². The lowest BCUT2D eigenvalue weighted by atomic mass is 10.1. The smallest absolute Gasteiger partial charge is 0.282 e. The molecule has 0 bridgehead atoms. The van der Waals surface area contributed by atoms with E-state index in [1.807, 2.05) is 47.8 Å². The quantitative estimate of drug-likeness (QED) is 0.187. The summed E-state index contributed by atoms with van der Waals surface area (Å²) in [6.45, 7) is 0.455. The highest BCUT2D eigenvalue weighted by molar-refractivity contribution is 7.07. The third-order valence-electron chi connectivity index (χ3n) is 5.64. The Morgan fingerprint density at radius 1 is 1.08 bits per heavy atom. The number of thiazole rings is 1. The average Bonchev–Trinajstić information content (AvgIpc) is 3.56. The largest absolute Gasteiger partial charge is 0.497 e. The molecule has 0 aliphatic carbocycles. The number of rotatable bonds is 8. The van der Waals surface area contributed by atoms with Crippen molar-refractivity contribution in [3.8, 4) is 34.3 Å². The van der Waals surface area contributed by atoms with Crippen molar-refractivity contribution in [3.63, 3.8) is 0 Å². The molecule has 0 radical (unpaired) electrons. The first-order chi connectivity index (χ1) is 18.1. The molecule has 0 N–H and O–H groups in total. The van der Waals surface area contributed by atoms with Gasteiger partial charge in [0.05, 0.1) is 49.2 Å². The number of ether oxygens (including phenoxy) is 4. The Morgan fingerprint density at radius 3 is 2.59 bits per heavy atom. The third-order valence-corrected chi connectivity index (χ3v) is 6.49. The number of hydrogen-bond donors (Lipinski definition) is 0. The summed E-state index contributed by atoms with van der Waals surface area (Å²) in [5.41, 5.74) is 2.64. The molecule has 4 aromatic rings. The molecule has 0 saturated carbocycles. The van der Waals surface area contributed by atoms with Crippen LogP contribution in [0.2, 0.25) is 0 Å². The van der Waals surface area contributed by atoms with Gasteiger partial charge in [0.25, 0.3) is 5.69 Å². The van der Waals surface area contributed by atoms with Gasteiger partial charge in [-0.25, -0.2) is 4.68 Å². The number of hydrogen-bond acceptors (Lipinski definition) is 9. The number of nitrogens with zero attached hydrogens (tertiary/aromatic N) is 4. The van der Waals surface area contributed by atoms with Gasteiger partial charge >= 0.3 is 0 Å². The molecule has 11 heteroatoms. The van der Waals surface area contributed by atoms with E-state index in [9.17, 15) is 10.1 Å². The first kappa shape index (κ1) is 24.1. The summed E-state index contributed by atoms with van der Waals surface area (Å²) in [6, 6.07) is 18.2. The van der Waals surface area contributed by atoms with Crippen molar-refractivity contribution in [2.75, 3.05) is 21.0 Å². The second-order valence-corrected chi connectivity index (χ2v) is 8.69. The van der Waals surface area contributed by atoms with Gasteiger partial charge in [-0.15, -0.1) is 11.3 Å². The first-order valence-corrected chi connectivity index (χ1v) is 12.0.